The Labute approximate surface area is 166 Å². The molecule has 1 heterocycles. The highest BCUT2D eigenvalue weighted by Crippen LogP contribution is 2.24. The van der Waals surface area contributed by atoms with E-state index in [1.807, 2.05) is 31.2 Å². The van der Waals surface area contributed by atoms with Gasteiger partial charge in [0.25, 0.3) is 0 Å². The number of nitrogens with zero attached hydrogens (tertiary/aromatic N) is 1. The molecular weight excluding hydrogens is 376 g/mol. The van der Waals surface area contributed by atoms with Crippen LogP contribution < -0.4 is 10.1 Å². The van der Waals surface area contributed by atoms with Crippen LogP contribution in [0.5, 0.6) is 5.75 Å². The average Bonchev–Trinajstić information content (AvgIpc) is 2.73. The van der Waals surface area contributed by atoms with Gasteiger partial charge in [-0.15, -0.1) is 0 Å². The molecule has 6 nitrogen and oxygen atoms in total. The van der Waals surface area contributed by atoms with Crippen LogP contribution in [0.25, 0.3) is 0 Å². The van der Waals surface area contributed by atoms with E-state index in [0.29, 0.717) is 44.0 Å². The van der Waals surface area contributed by atoms with E-state index in [-0.39, 0.29) is 11.8 Å². The van der Waals surface area contributed by atoms with Crippen molar-refractivity contribution in [2.75, 3.05) is 19.7 Å². The van der Waals surface area contributed by atoms with Gasteiger partial charge in [-0.05, 0) is 49.6 Å². The van der Waals surface area contributed by atoms with Crippen molar-refractivity contribution in [1.82, 2.24) is 9.62 Å². The number of hydrogen-bond acceptors (Lipinski definition) is 4. The van der Waals surface area contributed by atoms with Crippen LogP contribution in [0.2, 0.25) is 0 Å². The highest BCUT2D eigenvalue weighted by Gasteiger charge is 2.31. The molecule has 0 radical (unpaired) electrons. The van der Waals surface area contributed by atoms with E-state index in [9.17, 15) is 13.2 Å². The standard InChI is InChI=1S/C21H26N2O4S/c1-2-27-19-8-6-7-17(15-19)16-22-21(24)18-11-13-23(14-12-18)28(25,26)20-9-4-3-5-10-20/h3-10,15,18H,2,11-14,16H2,1H3,(H,22,24). The molecule has 7 heteroatoms. The summed E-state index contributed by atoms with van der Waals surface area (Å²) in [6.07, 6.45) is 1.05. The molecule has 28 heavy (non-hydrogen) atoms. The molecule has 1 saturated heterocycles. The Morgan fingerprint density at radius 2 is 1.82 bits per heavy atom. The molecule has 2 aromatic rings. The van der Waals surface area contributed by atoms with Gasteiger partial charge in [-0.2, -0.15) is 4.31 Å². The minimum Gasteiger partial charge on any atom is -0.494 e. The summed E-state index contributed by atoms with van der Waals surface area (Å²) >= 11 is 0. The topological polar surface area (TPSA) is 75.7 Å². The van der Waals surface area contributed by atoms with Crippen molar-refractivity contribution < 1.29 is 17.9 Å². The number of carbonyl (C=O) groups is 1. The molecule has 2 aromatic carbocycles. The van der Waals surface area contributed by atoms with Crippen molar-refractivity contribution in [3.63, 3.8) is 0 Å². The third kappa shape index (κ3) is 4.91. The number of piperidine rings is 1. The lowest BCUT2D eigenvalue weighted by atomic mass is 9.97. The Balaban J connectivity index is 1.52. The molecule has 1 aliphatic rings. The Morgan fingerprint density at radius 3 is 2.50 bits per heavy atom. The second-order valence-electron chi connectivity index (χ2n) is 6.79. The zero-order valence-electron chi connectivity index (χ0n) is 16.0. The number of sulfonamides is 1. The van der Waals surface area contributed by atoms with Crippen LogP contribution in [0.3, 0.4) is 0 Å². The van der Waals surface area contributed by atoms with Crippen LogP contribution in [-0.4, -0.2) is 38.3 Å². The van der Waals surface area contributed by atoms with E-state index < -0.39 is 10.0 Å². The molecule has 0 unspecified atom stereocenters. The second-order valence-corrected chi connectivity index (χ2v) is 8.73. The first-order chi connectivity index (χ1) is 13.5. The summed E-state index contributed by atoms with van der Waals surface area (Å²) in [5.74, 6) is 0.588. The largest absolute Gasteiger partial charge is 0.494 e. The number of benzene rings is 2. The van der Waals surface area contributed by atoms with Crippen molar-refractivity contribution in [2.45, 2.75) is 31.2 Å². The number of nitrogens with one attached hydrogen (secondary N) is 1. The Hall–Kier alpha value is -2.38. The number of rotatable bonds is 7. The molecule has 0 bridgehead atoms. The number of hydrogen-bond donors (Lipinski definition) is 1. The van der Waals surface area contributed by atoms with Crippen LogP contribution in [0, 0.1) is 5.92 Å². The smallest absolute Gasteiger partial charge is 0.243 e. The summed E-state index contributed by atoms with van der Waals surface area (Å²) in [5, 5.41) is 2.96. The molecule has 0 atom stereocenters. The molecule has 150 valence electrons. The van der Waals surface area contributed by atoms with Crippen molar-refractivity contribution >= 4 is 15.9 Å². The van der Waals surface area contributed by atoms with Gasteiger partial charge in [0.2, 0.25) is 15.9 Å². The Bertz CT molecular complexity index is 892. The maximum atomic E-state index is 12.7. The minimum atomic E-state index is -3.49. The summed E-state index contributed by atoms with van der Waals surface area (Å²) in [7, 11) is -3.49. The molecule has 1 amide bonds. The van der Waals surface area contributed by atoms with E-state index in [1.165, 1.54) is 4.31 Å². The average molecular weight is 403 g/mol. The van der Waals surface area contributed by atoms with Crippen molar-refractivity contribution in [2.24, 2.45) is 5.92 Å². The van der Waals surface area contributed by atoms with Crippen LogP contribution in [0.15, 0.2) is 59.5 Å². The quantitative estimate of drug-likeness (QED) is 0.773. The Morgan fingerprint density at radius 1 is 1.11 bits per heavy atom. The molecule has 3 rings (SSSR count). The third-order valence-electron chi connectivity index (χ3n) is 4.88. The SMILES string of the molecule is CCOc1cccc(CNC(=O)C2CCN(S(=O)(=O)c3ccccc3)CC2)c1. The highest BCUT2D eigenvalue weighted by atomic mass is 32.2. The number of ether oxygens (including phenoxy) is 1. The number of amides is 1. The summed E-state index contributed by atoms with van der Waals surface area (Å²) in [6, 6.07) is 16.1. The van der Waals surface area contributed by atoms with Gasteiger partial charge in [0, 0.05) is 25.6 Å². The van der Waals surface area contributed by atoms with Gasteiger partial charge in [0.05, 0.1) is 11.5 Å². The van der Waals surface area contributed by atoms with Crippen molar-refractivity contribution in [1.29, 1.82) is 0 Å². The first kappa shape index (κ1) is 20.4. The molecule has 0 saturated carbocycles. The predicted octanol–water partition coefficient (Wildman–Crippen LogP) is 2.80. The lowest BCUT2D eigenvalue weighted by Crippen LogP contribution is -2.42. The predicted molar refractivity (Wildman–Crippen MR) is 107 cm³/mol. The molecule has 1 fully saturated rings. The summed E-state index contributed by atoms with van der Waals surface area (Å²) in [6.45, 7) is 3.67. The van der Waals surface area contributed by atoms with Crippen molar-refractivity contribution in [3.8, 4) is 5.75 Å². The maximum absolute atomic E-state index is 12.7. The normalized spacial score (nSPS) is 15.9. The van der Waals surface area contributed by atoms with Gasteiger partial charge in [-0.1, -0.05) is 30.3 Å². The van der Waals surface area contributed by atoms with Gasteiger partial charge in [-0.25, -0.2) is 8.42 Å². The number of carbonyl (C=O) groups excluding carboxylic acids is 1. The van der Waals surface area contributed by atoms with Gasteiger partial charge >= 0.3 is 0 Å². The fourth-order valence-corrected chi connectivity index (χ4v) is 4.84. The third-order valence-corrected chi connectivity index (χ3v) is 6.79. The summed E-state index contributed by atoms with van der Waals surface area (Å²) < 4.78 is 32.3. The van der Waals surface area contributed by atoms with E-state index in [0.717, 1.165) is 11.3 Å². The first-order valence-corrected chi connectivity index (χ1v) is 11.0. The molecular formula is C21H26N2O4S. The maximum Gasteiger partial charge on any atom is 0.243 e. The van der Waals surface area contributed by atoms with Gasteiger partial charge in [0.1, 0.15) is 5.75 Å². The highest BCUT2D eigenvalue weighted by molar-refractivity contribution is 7.89. The Kier molecular flexibility index (Phi) is 6.70. The van der Waals surface area contributed by atoms with Crippen LogP contribution >= 0.6 is 0 Å². The van der Waals surface area contributed by atoms with E-state index in [1.54, 1.807) is 30.3 Å². The van der Waals surface area contributed by atoms with Crippen LogP contribution in [0.1, 0.15) is 25.3 Å². The fourth-order valence-electron chi connectivity index (χ4n) is 3.35. The molecule has 1 aliphatic heterocycles. The second kappa shape index (κ2) is 9.21. The van der Waals surface area contributed by atoms with Gasteiger partial charge in [-0.3, -0.25) is 4.79 Å². The van der Waals surface area contributed by atoms with Gasteiger partial charge < -0.3 is 10.1 Å². The van der Waals surface area contributed by atoms with Gasteiger partial charge in [0.15, 0.2) is 0 Å². The molecule has 0 aliphatic carbocycles. The monoisotopic (exact) mass is 402 g/mol. The van der Waals surface area contributed by atoms with E-state index >= 15 is 0 Å². The lowest BCUT2D eigenvalue weighted by molar-refractivity contribution is -0.126. The molecule has 0 aromatic heterocycles. The zero-order chi connectivity index (χ0) is 20.0. The summed E-state index contributed by atoms with van der Waals surface area (Å²) in [4.78, 5) is 12.8. The van der Waals surface area contributed by atoms with E-state index in [4.69, 9.17) is 4.74 Å². The molecule has 0 spiro atoms. The lowest BCUT2D eigenvalue weighted by Gasteiger charge is -2.30. The van der Waals surface area contributed by atoms with Crippen molar-refractivity contribution in [3.05, 3.63) is 60.2 Å². The van der Waals surface area contributed by atoms with Crippen LogP contribution in [0.4, 0.5) is 0 Å². The van der Waals surface area contributed by atoms with E-state index in [2.05, 4.69) is 5.32 Å². The minimum absolute atomic E-state index is 0.0291. The molecule has 1 N–H and O–H groups in total. The zero-order valence-corrected chi connectivity index (χ0v) is 16.8. The first-order valence-electron chi connectivity index (χ1n) is 9.55. The summed E-state index contributed by atoms with van der Waals surface area (Å²) in [5.41, 5.74) is 0.975. The van der Waals surface area contributed by atoms with Crippen LogP contribution in [-0.2, 0) is 21.4 Å². The fraction of sp³-hybridized carbons (Fsp3) is 0.381.